The van der Waals surface area contributed by atoms with Gasteiger partial charge in [-0.05, 0) is 37.1 Å². The van der Waals surface area contributed by atoms with Crippen molar-refractivity contribution in [2.24, 2.45) is 13.0 Å². The maximum absolute atomic E-state index is 13.6. The Hall–Kier alpha value is -2.70. The second kappa shape index (κ2) is 6.66. The molecule has 2 heterocycles. The third kappa shape index (κ3) is 3.55. The van der Waals surface area contributed by atoms with Gasteiger partial charge in [0, 0.05) is 38.0 Å². The minimum Gasteiger partial charge on any atom is -0.338 e. The second-order valence-electron chi connectivity index (χ2n) is 6.55. The molecule has 1 aromatic heterocycles. The molecule has 0 unspecified atom stereocenters. The SMILES string of the molecule is Cc1cc(F)cc(NC(=O)[C@H]2CCC(=O)N(C)[C@@H]2c2cnn(C)c2)c1. The van der Waals surface area contributed by atoms with Crippen molar-refractivity contribution in [3.8, 4) is 0 Å². The van der Waals surface area contributed by atoms with Crippen LogP contribution in [-0.4, -0.2) is 33.5 Å². The molecule has 1 saturated heterocycles. The molecule has 2 amide bonds. The van der Waals surface area contributed by atoms with Gasteiger partial charge in [0.1, 0.15) is 5.82 Å². The number of nitrogens with one attached hydrogen (secondary N) is 1. The monoisotopic (exact) mass is 344 g/mol. The van der Waals surface area contributed by atoms with Crippen LogP contribution in [-0.2, 0) is 16.6 Å². The lowest BCUT2D eigenvalue weighted by Gasteiger charge is -2.37. The van der Waals surface area contributed by atoms with Crippen LogP contribution in [0.25, 0.3) is 0 Å². The van der Waals surface area contributed by atoms with Gasteiger partial charge in [-0.1, -0.05) is 0 Å². The summed E-state index contributed by atoms with van der Waals surface area (Å²) in [5.74, 6) is -1.04. The van der Waals surface area contributed by atoms with Gasteiger partial charge in [0.25, 0.3) is 0 Å². The fraction of sp³-hybridized carbons (Fsp3) is 0.389. The zero-order valence-electron chi connectivity index (χ0n) is 14.5. The van der Waals surface area contributed by atoms with E-state index in [1.165, 1.54) is 12.1 Å². The number of hydrogen-bond acceptors (Lipinski definition) is 3. The van der Waals surface area contributed by atoms with E-state index in [2.05, 4.69) is 10.4 Å². The Bertz CT molecular complexity index is 797. The highest BCUT2D eigenvalue weighted by Gasteiger charge is 2.39. The van der Waals surface area contributed by atoms with E-state index in [0.29, 0.717) is 18.5 Å². The first kappa shape index (κ1) is 17.1. The van der Waals surface area contributed by atoms with E-state index in [1.54, 1.807) is 42.9 Å². The van der Waals surface area contributed by atoms with Crippen molar-refractivity contribution in [3.05, 3.63) is 47.5 Å². The van der Waals surface area contributed by atoms with Crippen molar-refractivity contribution in [2.75, 3.05) is 12.4 Å². The fourth-order valence-electron chi connectivity index (χ4n) is 3.40. The number of anilines is 1. The van der Waals surface area contributed by atoms with E-state index in [4.69, 9.17) is 0 Å². The van der Waals surface area contributed by atoms with Gasteiger partial charge >= 0.3 is 0 Å². The van der Waals surface area contributed by atoms with E-state index >= 15 is 0 Å². The molecule has 1 N–H and O–H groups in total. The first-order chi connectivity index (χ1) is 11.8. The highest BCUT2D eigenvalue weighted by atomic mass is 19.1. The highest BCUT2D eigenvalue weighted by Crippen LogP contribution is 2.36. The lowest BCUT2D eigenvalue weighted by molar-refractivity contribution is -0.140. The normalized spacial score (nSPS) is 20.6. The van der Waals surface area contributed by atoms with Crippen molar-refractivity contribution >= 4 is 17.5 Å². The molecule has 7 heteroatoms. The van der Waals surface area contributed by atoms with Crippen LogP contribution in [0.1, 0.15) is 30.0 Å². The summed E-state index contributed by atoms with van der Waals surface area (Å²) in [7, 11) is 3.49. The molecule has 1 fully saturated rings. The summed E-state index contributed by atoms with van der Waals surface area (Å²) in [6, 6.07) is 4.03. The molecule has 6 nitrogen and oxygen atoms in total. The number of likely N-dealkylation sites (tertiary alicyclic amines) is 1. The number of amides is 2. The maximum atomic E-state index is 13.6. The summed E-state index contributed by atoms with van der Waals surface area (Å²) in [6.45, 7) is 1.77. The lowest BCUT2D eigenvalue weighted by Crippen LogP contribution is -2.44. The van der Waals surface area contributed by atoms with Gasteiger partial charge in [0.2, 0.25) is 11.8 Å². The molecule has 25 heavy (non-hydrogen) atoms. The fourth-order valence-corrected chi connectivity index (χ4v) is 3.40. The number of nitrogens with zero attached hydrogens (tertiary/aromatic N) is 3. The third-order valence-electron chi connectivity index (χ3n) is 4.57. The predicted octanol–water partition coefficient (Wildman–Crippen LogP) is 2.42. The summed E-state index contributed by atoms with van der Waals surface area (Å²) in [6.07, 6.45) is 4.25. The Morgan fingerprint density at radius 3 is 2.72 bits per heavy atom. The number of aryl methyl sites for hydroxylation is 2. The second-order valence-corrected chi connectivity index (χ2v) is 6.55. The molecule has 0 saturated carbocycles. The number of piperidine rings is 1. The summed E-state index contributed by atoms with van der Waals surface area (Å²) >= 11 is 0. The quantitative estimate of drug-likeness (QED) is 0.930. The minimum absolute atomic E-state index is 0.000460. The van der Waals surface area contributed by atoms with Crippen LogP contribution in [0.2, 0.25) is 0 Å². The average molecular weight is 344 g/mol. The van der Waals surface area contributed by atoms with Crippen LogP contribution in [0.4, 0.5) is 10.1 Å². The molecule has 132 valence electrons. The van der Waals surface area contributed by atoms with E-state index in [0.717, 1.165) is 11.1 Å². The number of carbonyl (C=O) groups excluding carboxylic acids is 2. The number of hydrogen-bond donors (Lipinski definition) is 1. The molecule has 0 aliphatic carbocycles. The zero-order valence-corrected chi connectivity index (χ0v) is 14.5. The molecule has 0 spiro atoms. The van der Waals surface area contributed by atoms with Crippen molar-refractivity contribution in [3.63, 3.8) is 0 Å². The van der Waals surface area contributed by atoms with E-state index < -0.39 is 11.7 Å². The Balaban J connectivity index is 1.87. The molecular weight excluding hydrogens is 323 g/mol. The Kier molecular flexibility index (Phi) is 4.57. The van der Waals surface area contributed by atoms with Crippen LogP contribution in [0.3, 0.4) is 0 Å². The van der Waals surface area contributed by atoms with Gasteiger partial charge in [0.15, 0.2) is 0 Å². The third-order valence-corrected chi connectivity index (χ3v) is 4.57. The molecular formula is C18H21FN4O2. The summed E-state index contributed by atoms with van der Waals surface area (Å²) in [5, 5.41) is 6.94. The van der Waals surface area contributed by atoms with Crippen LogP contribution in [0.15, 0.2) is 30.6 Å². The molecule has 2 atom stereocenters. The Labute approximate surface area is 145 Å². The largest absolute Gasteiger partial charge is 0.338 e. The molecule has 1 aliphatic heterocycles. The first-order valence-corrected chi connectivity index (χ1v) is 8.17. The van der Waals surface area contributed by atoms with Crippen molar-refractivity contribution in [1.82, 2.24) is 14.7 Å². The zero-order chi connectivity index (χ0) is 18.1. The molecule has 3 rings (SSSR count). The van der Waals surface area contributed by atoms with Crippen molar-refractivity contribution < 1.29 is 14.0 Å². The standard InChI is InChI=1S/C18H21FN4O2/c1-11-6-13(19)8-14(7-11)21-18(25)15-4-5-16(24)23(3)17(15)12-9-20-22(2)10-12/h6-10,15,17H,4-5H2,1-3H3,(H,21,25)/t15-,17+/m0/s1. The van der Waals surface area contributed by atoms with Crippen molar-refractivity contribution in [1.29, 1.82) is 0 Å². The van der Waals surface area contributed by atoms with Gasteiger partial charge in [-0.15, -0.1) is 0 Å². The lowest BCUT2D eigenvalue weighted by atomic mass is 9.85. The minimum atomic E-state index is -0.421. The van der Waals surface area contributed by atoms with Gasteiger partial charge in [-0.3, -0.25) is 14.3 Å². The molecule has 0 bridgehead atoms. The van der Waals surface area contributed by atoms with Gasteiger partial charge < -0.3 is 10.2 Å². The van der Waals surface area contributed by atoms with Crippen LogP contribution >= 0.6 is 0 Å². The van der Waals surface area contributed by atoms with Crippen molar-refractivity contribution in [2.45, 2.75) is 25.8 Å². The summed E-state index contributed by atoms with van der Waals surface area (Å²) in [5.41, 5.74) is 1.97. The first-order valence-electron chi connectivity index (χ1n) is 8.17. The summed E-state index contributed by atoms with van der Waals surface area (Å²) in [4.78, 5) is 26.6. The van der Waals surface area contributed by atoms with E-state index in [9.17, 15) is 14.0 Å². The molecule has 2 aromatic rings. The van der Waals surface area contributed by atoms with Gasteiger partial charge in [0.05, 0.1) is 18.2 Å². The number of benzene rings is 1. The van der Waals surface area contributed by atoms with E-state index in [-0.39, 0.29) is 17.9 Å². The summed E-state index contributed by atoms with van der Waals surface area (Å²) < 4.78 is 15.2. The molecule has 1 aliphatic rings. The number of rotatable bonds is 3. The molecule has 1 aromatic carbocycles. The number of carbonyl (C=O) groups is 2. The number of halogens is 1. The maximum Gasteiger partial charge on any atom is 0.229 e. The Morgan fingerprint density at radius 1 is 1.32 bits per heavy atom. The predicted molar refractivity (Wildman–Crippen MR) is 91.2 cm³/mol. The van der Waals surface area contributed by atoms with E-state index in [1.807, 2.05) is 6.20 Å². The van der Waals surface area contributed by atoms with Gasteiger partial charge in [-0.2, -0.15) is 5.10 Å². The van der Waals surface area contributed by atoms with Crippen LogP contribution < -0.4 is 5.32 Å². The average Bonchev–Trinajstić information content (AvgIpc) is 2.94. The smallest absolute Gasteiger partial charge is 0.229 e. The Morgan fingerprint density at radius 2 is 2.08 bits per heavy atom. The highest BCUT2D eigenvalue weighted by molar-refractivity contribution is 5.94. The number of aromatic nitrogens is 2. The topological polar surface area (TPSA) is 67.2 Å². The van der Waals surface area contributed by atoms with Crippen LogP contribution in [0, 0.1) is 18.7 Å². The van der Waals surface area contributed by atoms with Gasteiger partial charge in [-0.25, -0.2) is 4.39 Å². The van der Waals surface area contributed by atoms with Crippen LogP contribution in [0.5, 0.6) is 0 Å². The molecule has 0 radical (unpaired) electrons.